The topological polar surface area (TPSA) is 58.3 Å². The number of benzene rings is 1. The summed E-state index contributed by atoms with van der Waals surface area (Å²) in [5.74, 6) is 0.898. The summed E-state index contributed by atoms with van der Waals surface area (Å²) in [6.45, 7) is 8.50. The van der Waals surface area contributed by atoms with Crippen LogP contribution in [-0.4, -0.2) is 48.1 Å². The second-order valence-electron chi connectivity index (χ2n) is 4.92. The molecule has 2 N–H and O–H groups in total. The SMILES string of the molecule is CCN(CC)CCN(C)c1cnc2cc(N)ccc2n1. The van der Waals surface area contributed by atoms with Gasteiger partial charge in [-0.05, 0) is 31.3 Å². The molecule has 20 heavy (non-hydrogen) atoms. The zero-order chi connectivity index (χ0) is 14.5. The Labute approximate surface area is 120 Å². The first-order valence-electron chi connectivity index (χ1n) is 7.09. The van der Waals surface area contributed by atoms with Crippen LogP contribution in [0.5, 0.6) is 0 Å². The van der Waals surface area contributed by atoms with Crippen LogP contribution < -0.4 is 10.6 Å². The zero-order valence-electron chi connectivity index (χ0n) is 12.5. The number of aromatic nitrogens is 2. The van der Waals surface area contributed by atoms with E-state index in [1.807, 2.05) is 24.4 Å². The maximum atomic E-state index is 5.75. The van der Waals surface area contributed by atoms with E-state index in [1.54, 1.807) is 0 Å². The minimum atomic E-state index is 0.717. The van der Waals surface area contributed by atoms with E-state index in [2.05, 4.69) is 40.7 Å². The van der Waals surface area contributed by atoms with Crippen LogP contribution in [0.25, 0.3) is 11.0 Å². The zero-order valence-corrected chi connectivity index (χ0v) is 12.5. The molecule has 108 valence electrons. The molecule has 0 aliphatic carbocycles. The van der Waals surface area contributed by atoms with E-state index in [0.717, 1.165) is 48.7 Å². The van der Waals surface area contributed by atoms with Crippen molar-refractivity contribution in [3.8, 4) is 0 Å². The lowest BCUT2D eigenvalue weighted by Crippen LogP contribution is -2.33. The summed E-state index contributed by atoms with van der Waals surface area (Å²) in [5.41, 5.74) is 8.19. The first kappa shape index (κ1) is 14.5. The van der Waals surface area contributed by atoms with Crippen LogP contribution in [0.2, 0.25) is 0 Å². The molecule has 0 fully saturated rings. The molecule has 5 heteroatoms. The Balaban J connectivity index is 2.10. The van der Waals surface area contributed by atoms with Crippen LogP contribution in [0, 0.1) is 0 Å². The summed E-state index contributed by atoms with van der Waals surface area (Å²) >= 11 is 0. The van der Waals surface area contributed by atoms with E-state index in [9.17, 15) is 0 Å². The van der Waals surface area contributed by atoms with E-state index >= 15 is 0 Å². The lowest BCUT2D eigenvalue weighted by Gasteiger charge is -2.23. The molecule has 0 aliphatic heterocycles. The van der Waals surface area contributed by atoms with Gasteiger partial charge < -0.3 is 15.5 Å². The third-order valence-electron chi connectivity index (χ3n) is 3.59. The monoisotopic (exact) mass is 273 g/mol. The van der Waals surface area contributed by atoms with Crippen molar-refractivity contribution in [2.45, 2.75) is 13.8 Å². The molecule has 1 heterocycles. The van der Waals surface area contributed by atoms with E-state index < -0.39 is 0 Å². The van der Waals surface area contributed by atoms with Gasteiger partial charge in [0.2, 0.25) is 0 Å². The van der Waals surface area contributed by atoms with Crippen LogP contribution >= 0.6 is 0 Å². The van der Waals surface area contributed by atoms with Crippen molar-refractivity contribution in [3.05, 3.63) is 24.4 Å². The Bertz CT molecular complexity index is 565. The predicted molar refractivity (Wildman–Crippen MR) is 85.0 cm³/mol. The third kappa shape index (κ3) is 3.36. The number of hydrogen-bond acceptors (Lipinski definition) is 5. The minimum absolute atomic E-state index is 0.717. The molecule has 0 spiro atoms. The smallest absolute Gasteiger partial charge is 0.147 e. The molecule has 1 aromatic heterocycles. The average Bonchev–Trinajstić information content (AvgIpc) is 2.47. The largest absolute Gasteiger partial charge is 0.399 e. The number of nitrogen functional groups attached to an aromatic ring is 1. The number of fused-ring (bicyclic) bond motifs is 1. The van der Waals surface area contributed by atoms with Crippen LogP contribution in [0.3, 0.4) is 0 Å². The highest BCUT2D eigenvalue weighted by Crippen LogP contribution is 2.16. The van der Waals surface area contributed by atoms with Gasteiger partial charge in [-0.2, -0.15) is 0 Å². The summed E-state index contributed by atoms with van der Waals surface area (Å²) in [6.07, 6.45) is 1.81. The van der Waals surface area contributed by atoms with Gasteiger partial charge in [0.05, 0.1) is 17.2 Å². The maximum absolute atomic E-state index is 5.75. The number of rotatable bonds is 6. The van der Waals surface area contributed by atoms with Gasteiger partial charge in [-0.15, -0.1) is 0 Å². The number of nitrogens with two attached hydrogens (primary N) is 1. The quantitative estimate of drug-likeness (QED) is 0.816. The summed E-state index contributed by atoms with van der Waals surface area (Å²) in [4.78, 5) is 13.6. The van der Waals surface area contributed by atoms with Crippen molar-refractivity contribution in [2.24, 2.45) is 0 Å². The number of nitrogens with zero attached hydrogens (tertiary/aromatic N) is 4. The molecule has 0 unspecified atom stereocenters. The molecule has 0 amide bonds. The fourth-order valence-corrected chi connectivity index (χ4v) is 2.15. The van der Waals surface area contributed by atoms with Gasteiger partial charge >= 0.3 is 0 Å². The standard InChI is InChI=1S/C15H23N5/c1-4-20(5-2)9-8-19(3)15-11-17-14-10-12(16)6-7-13(14)18-15/h6-7,10-11H,4-5,8-9,16H2,1-3H3. The normalized spacial score (nSPS) is 11.2. The van der Waals surface area contributed by atoms with E-state index in [4.69, 9.17) is 5.73 Å². The molecule has 0 saturated carbocycles. The molecule has 0 atom stereocenters. The Morgan fingerprint density at radius 1 is 1.10 bits per heavy atom. The highest BCUT2D eigenvalue weighted by molar-refractivity contribution is 5.79. The second-order valence-corrected chi connectivity index (χ2v) is 4.92. The van der Waals surface area contributed by atoms with Crippen molar-refractivity contribution in [3.63, 3.8) is 0 Å². The van der Waals surface area contributed by atoms with E-state index in [0.29, 0.717) is 0 Å². The lowest BCUT2D eigenvalue weighted by molar-refractivity contribution is 0.311. The second kappa shape index (κ2) is 6.52. The van der Waals surface area contributed by atoms with Crippen LogP contribution in [0.4, 0.5) is 11.5 Å². The van der Waals surface area contributed by atoms with Gasteiger partial charge in [0, 0.05) is 25.8 Å². The first-order chi connectivity index (χ1) is 9.63. The first-order valence-corrected chi connectivity index (χ1v) is 7.09. The predicted octanol–water partition coefficient (Wildman–Crippen LogP) is 1.99. The fraction of sp³-hybridized carbons (Fsp3) is 0.467. The molecule has 1 aromatic carbocycles. The fourth-order valence-electron chi connectivity index (χ4n) is 2.15. The summed E-state index contributed by atoms with van der Waals surface area (Å²) in [5, 5.41) is 0. The maximum Gasteiger partial charge on any atom is 0.147 e. The van der Waals surface area contributed by atoms with Gasteiger partial charge in [0.15, 0.2) is 0 Å². The Morgan fingerprint density at radius 3 is 2.55 bits per heavy atom. The van der Waals surface area contributed by atoms with Crippen molar-refractivity contribution in [2.75, 3.05) is 43.9 Å². The molecule has 0 bridgehead atoms. The number of anilines is 2. The Morgan fingerprint density at radius 2 is 1.85 bits per heavy atom. The van der Waals surface area contributed by atoms with Crippen molar-refractivity contribution in [1.29, 1.82) is 0 Å². The van der Waals surface area contributed by atoms with Crippen LogP contribution in [0.15, 0.2) is 24.4 Å². The van der Waals surface area contributed by atoms with Crippen LogP contribution in [-0.2, 0) is 0 Å². The Hall–Kier alpha value is -1.88. The van der Waals surface area contributed by atoms with Gasteiger partial charge in [0.25, 0.3) is 0 Å². The Kier molecular flexibility index (Phi) is 4.74. The lowest BCUT2D eigenvalue weighted by atomic mass is 10.2. The molecular weight excluding hydrogens is 250 g/mol. The van der Waals surface area contributed by atoms with Gasteiger partial charge in [-0.1, -0.05) is 13.8 Å². The number of hydrogen-bond donors (Lipinski definition) is 1. The van der Waals surface area contributed by atoms with Gasteiger partial charge in [-0.25, -0.2) is 4.98 Å². The average molecular weight is 273 g/mol. The molecule has 5 nitrogen and oxygen atoms in total. The van der Waals surface area contributed by atoms with E-state index in [-0.39, 0.29) is 0 Å². The number of likely N-dealkylation sites (N-methyl/N-ethyl adjacent to an activating group) is 2. The minimum Gasteiger partial charge on any atom is -0.399 e. The molecule has 2 rings (SSSR count). The van der Waals surface area contributed by atoms with Crippen molar-refractivity contribution >= 4 is 22.5 Å². The van der Waals surface area contributed by atoms with E-state index in [1.165, 1.54) is 0 Å². The van der Waals surface area contributed by atoms with Crippen molar-refractivity contribution < 1.29 is 0 Å². The molecular formula is C15H23N5. The highest BCUT2D eigenvalue weighted by Gasteiger charge is 2.07. The van der Waals surface area contributed by atoms with Crippen LogP contribution in [0.1, 0.15) is 13.8 Å². The van der Waals surface area contributed by atoms with Crippen molar-refractivity contribution in [1.82, 2.24) is 14.9 Å². The molecule has 0 saturated heterocycles. The highest BCUT2D eigenvalue weighted by atomic mass is 15.2. The molecule has 0 aliphatic rings. The molecule has 0 radical (unpaired) electrons. The molecule has 2 aromatic rings. The van der Waals surface area contributed by atoms with Gasteiger partial charge in [0.1, 0.15) is 5.82 Å². The summed E-state index contributed by atoms with van der Waals surface area (Å²) < 4.78 is 0. The third-order valence-corrected chi connectivity index (χ3v) is 3.59. The summed E-state index contributed by atoms with van der Waals surface area (Å²) in [7, 11) is 2.05. The van der Waals surface area contributed by atoms with Gasteiger partial charge in [-0.3, -0.25) is 4.98 Å². The summed E-state index contributed by atoms with van der Waals surface area (Å²) in [6, 6.07) is 5.62.